The second-order valence-electron chi connectivity index (χ2n) is 5.46. The number of alkyl halides is 3. The SMILES string of the molecule is FC(F)(F)C1(CNc2ccc(C3CNC3)nc2)CC1. The van der Waals surface area contributed by atoms with Crippen LogP contribution in [0.1, 0.15) is 24.5 Å². The summed E-state index contributed by atoms with van der Waals surface area (Å²) in [5.74, 6) is 0.444. The molecule has 2 aliphatic rings. The third-order valence-corrected chi connectivity index (χ3v) is 4.07. The molecule has 0 bridgehead atoms. The molecule has 1 aromatic rings. The Morgan fingerprint density at radius 1 is 1.32 bits per heavy atom. The molecule has 0 spiro atoms. The van der Waals surface area contributed by atoms with E-state index in [1.807, 2.05) is 12.1 Å². The second kappa shape index (κ2) is 4.37. The number of halogens is 3. The van der Waals surface area contributed by atoms with Gasteiger partial charge in [-0.15, -0.1) is 0 Å². The number of pyridine rings is 1. The molecule has 0 radical (unpaired) electrons. The van der Waals surface area contributed by atoms with Gasteiger partial charge in [0.15, 0.2) is 0 Å². The van der Waals surface area contributed by atoms with Crippen LogP contribution in [0.5, 0.6) is 0 Å². The monoisotopic (exact) mass is 271 g/mol. The van der Waals surface area contributed by atoms with Crippen molar-refractivity contribution in [3.05, 3.63) is 24.0 Å². The Hall–Kier alpha value is -1.30. The number of rotatable bonds is 4. The maximum Gasteiger partial charge on any atom is 0.396 e. The number of aromatic nitrogens is 1. The fraction of sp³-hybridized carbons (Fsp3) is 0.615. The minimum atomic E-state index is -4.11. The fourth-order valence-corrected chi connectivity index (χ4v) is 2.23. The number of hydrogen-bond donors (Lipinski definition) is 2. The summed E-state index contributed by atoms with van der Waals surface area (Å²) >= 11 is 0. The van der Waals surface area contributed by atoms with Gasteiger partial charge in [0.2, 0.25) is 0 Å². The van der Waals surface area contributed by atoms with E-state index in [0.717, 1.165) is 18.8 Å². The molecule has 1 saturated carbocycles. The van der Waals surface area contributed by atoms with Gasteiger partial charge < -0.3 is 10.6 Å². The first-order chi connectivity index (χ1) is 9.00. The molecule has 6 heteroatoms. The first-order valence-corrected chi connectivity index (χ1v) is 6.47. The van der Waals surface area contributed by atoms with Crippen molar-refractivity contribution in [1.82, 2.24) is 10.3 Å². The van der Waals surface area contributed by atoms with Crippen LogP contribution in [0.15, 0.2) is 18.3 Å². The lowest BCUT2D eigenvalue weighted by Gasteiger charge is -2.26. The maximum absolute atomic E-state index is 12.8. The predicted octanol–water partition coefficient (Wildman–Crippen LogP) is 2.52. The highest BCUT2D eigenvalue weighted by Gasteiger charge is 2.62. The van der Waals surface area contributed by atoms with Gasteiger partial charge in [0.25, 0.3) is 0 Å². The van der Waals surface area contributed by atoms with E-state index in [4.69, 9.17) is 0 Å². The number of anilines is 1. The van der Waals surface area contributed by atoms with Crippen LogP contribution in [0.25, 0.3) is 0 Å². The highest BCUT2D eigenvalue weighted by molar-refractivity contribution is 5.42. The molecule has 3 rings (SSSR count). The highest BCUT2D eigenvalue weighted by atomic mass is 19.4. The zero-order valence-electron chi connectivity index (χ0n) is 10.4. The Morgan fingerprint density at radius 2 is 2.05 bits per heavy atom. The third kappa shape index (κ3) is 2.41. The molecule has 0 atom stereocenters. The lowest BCUT2D eigenvalue weighted by molar-refractivity contribution is -0.182. The first kappa shape index (κ1) is 12.7. The maximum atomic E-state index is 12.8. The average Bonchev–Trinajstić information content (AvgIpc) is 3.06. The van der Waals surface area contributed by atoms with Crippen molar-refractivity contribution in [1.29, 1.82) is 0 Å². The summed E-state index contributed by atoms with van der Waals surface area (Å²) in [7, 11) is 0. The van der Waals surface area contributed by atoms with Gasteiger partial charge in [0.1, 0.15) is 0 Å². The van der Waals surface area contributed by atoms with Crippen molar-refractivity contribution in [2.75, 3.05) is 25.0 Å². The molecule has 1 aliphatic carbocycles. The van der Waals surface area contributed by atoms with Crippen LogP contribution < -0.4 is 10.6 Å². The summed E-state index contributed by atoms with van der Waals surface area (Å²) in [6.45, 7) is 1.80. The van der Waals surface area contributed by atoms with E-state index < -0.39 is 11.6 Å². The van der Waals surface area contributed by atoms with Crippen LogP contribution in [0.4, 0.5) is 18.9 Å². The number of hydrogen-bond acceptors (Lipinski definition) is 3. The molecule has 3 nitrogen and oxygen atoms in total. The zero-order chi connectivity index (χ0) is 13.5. The molecule has 0 amide bonds. The lowest BCUT2D eigenvalue weighted by Crippen LogP contribution is -2.40. The molecule has 0 unspecified atom stereocenters. The van der Waals surface area contributed by atoms with Crippen LogP contribution in [-0.2, 0) is 0 Å². The fourth-order valence-electron chi connectivity index (χ4n) is 2.23. The Bertz CT molecular complexity index is 447. The largest absolute Gasteiger partial charge is 0.396 e. The van der Waals surface area contributed by atoms with Gasteiger partial charge in [-0.25, -0.2) is 0 Å². The van der Waals surface area contributed by atoms with Gasteiger partial charge in [-0.2, -0.15) is 13.2 Å². The van der Waals surface area contributed by atoms with E-state index in [1.54, 1.807) is 6.20 Å². The minimum absolute atomic E-state index is 0.0531. The summed E-state index contributed by atoms with van der Waals surface area (Å²) in [6, 6.07) is 3.70. The van der Waals surface area contributed by atoms with Crippen molar-refractivity contribution in [2.45, 2.75) is 24.9 Å². The molecule has 2 heterocycles. The molecule has 0 aromatic carbocycles. The van der Waals surface area contributed by atoms with Crippen molar-refractivity contribution >= 4 is 5.69 Å². The predicted molar refractivity (Wildman–Crippen MR) is 66.1 cm³/mol. The Kier molecular flexibility index (Phi) is 2.92. The van der Waals surface area contributed by atoms with E-state index >= 15 is 0 Å². The minimum Gasteiger partial charge on any atom is -0.383 e. The van der Waals surface area contributed by atoms with Crippen LogP contribution in [-0.4, -0.2) is 30.8 Å². The van der Waals surface area contributed by atoms with Crippen molar-refractivity contribution < 1.29 is 13.2 Å². The van der Waals surface area contributed by atoms with Crippen LogP contribution in [0.2, 0.25) is 0 Å². The van der Waals surface area contributed by atoms with Gasteiger partial charge >= 0.3 is 6.18 Å². The normalized spacial score (nSPS) is 21.8. The Labute approximate surface area is 109 Å². The average molecular weight is 271 g/mol. The molecule has 1 saturated heterocycles. The molecule has 19 heavy (non-hydrogen) atoms. The van der Waals surface area contributed by atoms with Gasteiger partial charge in [-0.1, -0.05) is 0 Å². The molecular formula is C13H16F3N3. The van der Waals surface area contributed by atoms with E-state index in [0.29, 0.717) is 11.6 Å². The highest BCUT2D eigenvalue weighted by Crippen LogP contribution is 2.57. The Balaban J connectivity index is 1.58. The molecule has 2 N–H and O–H groups in total. The van der Waals surface area contributed by atoms with Crippen LogP contribution >= 0.6 is 0 Å². The molecule has 104 valence electrons. The first-order valence-electron chi connectivity index (χ1n) is 6.47. The van der Waals surface area contributed by atoms with Crippen LogP contribution in [0.3, 0.4) is 0 Å². The molecular weight excluding hydrogens is 255 g/mol. The standard InChI is InChI=1S/C13H16F3N3/c14-13(15,16)12(3-4-12)8-19-10-1-2-11(18-7-10)9-5-17-6-9/h1-2,7,9,17,19H,3-6,8H2. The van der Waals surface area contributed by atoms with Crippen molar-refractivity contribution in [3.8, 4) is 0 Å². The van der Waals surface area contributed by atoms with E-state index in [9.17, 15) is 13.2 Å². The summed E-state index contributed by atoms with van der Waals surface area (Å²) in [4.78, 5) is 4.30. The summed E-state index contributed by atoms with van der Waals surface area (Å²) in [5, 5.41) is 6.02. The quantitative estimate of drug-likeness (QED) is 0.883. The zero-order valence-corrected chi connectivity index (χ0v) is 10.4. The summed E-state index contributed by atoms with van der Waals surface area (Å²) in [6.07, 6.45) is -2.03. The summed E-state index contributed by atoms with van der Waals surface area (Å²) in [5.41, 5.74) is 0.150. The number of nitrogens with one attached hydrogen (secondary N) is 2. The van der Waals surface area contributed by atoms with E-state index in [2.05, 4.69) is 15.6 Å². The topological polar surface area (TPSA) is 37.0 Å². The molecule has 2 fully saturated rings. The van der Waals surface area contributed by atoms with E-state index in [-0.39, 0.29) is 19.4 Å². The lowest BCUT2D eigenvalue weighted by atomic mass is 9.99. The number of nitrogens with zero attached hydrogens (tertiary/aromatic N) is 1. The third-order valence-electron chi connectivity index (χ3n) is 4.07. The molecule has 1 aliphatic heterocycles. The summed E-state index contributed by atoms with van der Waals surface area (Å²) < 4.78 is 38.3. The van der Waals surface area contributed by atoms with Crippen molar-refractivity contribution in [2.24, 2.45) is 5.41 Å². The second-order valence-corrected chi connectivity index (χ2v) is 5.46. The van der Waals surface area contributed by atoms with E-state index in [1.165, 1.54) is 0 Å². The van der Waals surface area contributed by atoms with Gasteiger partial charge in [0.05, 0.1) is 17.3 Å². The molecule has 1 aromatic heterocycles. The van der Waals surface area contributed by atoms with Gasteiger partial charge in [-0.3, -0.25) is 4.98 Å². The van der Waals surface area contributed by atoms with Gasteiger partial charge in [-0.05, 0) is 25.0 Å². The smallest absolute Gasteiger partial charge is 0.383 e. The van der Waals surface area contributed by atoms with Crippen LogP contribution in [0, 0.1) is 5.41 Å². The Morgan fingerprint density at radius 3 is 2.47 bits per heavy atom. The van der Waals surface area contributed by atoms with Gasteiger partial charge in [0, 0.05) is 31.2 Å². The van der Waals surface area contributed by atoms with Crippen molar-refractivity contribution in [3.63, 3.8) is 0 Å².